The van der Waals surface area contributed by atoms with E-state index in [0.717, 1.165) is 38.4 Å². The minimum atomic E-state index is -5.08. The number of aliphatic carboxylic acids is 2. The van der Waals surface area contributed by atoms with Crippen LogP contribution in [0.5, 0.6) is 5.88 Å². The minimum Gasteiger partial charge on any atom is -0.481 e. The fourth-order valence-electron chi connectivity index (χ4n) is 4.35. The number of alkyl halides is 6. The molecule has 1 atom stereocenters. The molecule has 1 aromatic rings. The average Bonchev–Trinajstić information content (AvgIpc) is 3.28. The van der Waals surface area contributed by atoms with Gasteiger partial charge < -0.3 is 29.5 Å². The van der Waals surface area contributed by atoms with Gasteiger partial charge in [-0.2, -0.15) is 26.3 Å². The van der Waals surface area contributed by atoms with Crippen LogP contribution in [0.1, 0.15) is 19.3 Å². The molecule has 3 fully saturated rings. The van der Waals surface area contributed by atoms with E-state index in [9.17, 15) is 26.3 Å². The van der Waals surface area contributed by atoms with Crippen molar-refractivity contribution < 1.29 is 55.6 Å². The van der Waals surface area contributed by atoms with Crippen molar-refractivity contribution in [1.29, 1.82) is 0 Å². The molecule has 0 radical (unpaired) electrons. The molecule has 1 aromatic heterocycles. The molecule has 0 aromatic carbocycles. The highest BCUT2D eigenvalue weighted by Crippen LogP contribution is 2.38. The third kappa shape index (κ3) is 9.96. The van der Waals surface area contributed by atoms with E-state index >= 15 is 0 Å². The second-order valence-corrected chi connectivity index (χ2v) is 9.20. The fraction of sp³-hybridized carbons (Fsp3) is 0.727. The molecular weight excluding hydrogens is 544 g/mol. The Morgan fingerprint density at radius 2 is 1.49 bits per heavy atom. The summed E-state index contributed by atoms with van der Waals surface area (Å²) in [7, 11) is 3.85. The van der Waals surface area contributed by atoms with Crippen molar-refractivity contribution in [1.82, 2.24) is 19.8 Å². The molecule has 0 bridgehead atoms. The van der Waals surface area contributed by atoms with Crippen LogP contribution >= 0.6 is 0 Å². The lowest BCUT2D eigenvalue weighted by molar-refractivity contribution is -0.193. The summed E-state index contributed by atoms with van der Waals surface area (Å²) >= 11 is 0. The Hall–Kier alpha value is -2.92. The van der Waals surface area contributed by atoms with Crippen LogP contribution in [0.25, 0.3) is 0 Å². The molecule has 0 aliphatic carbocycles. The highest BCUT2D eigenvalue weighted by Gasteiger charge is 2.45. The number of carboxylic acid groups (broad SMARTS) is 2. The van der Waals surface area contributed by atoms with Gasteiger partial charge in [0.2, 0.25) is 5.88 Å². The van der Waals surface area contributed by atoms with Gasteiger partial charge in [0, 0.05) is 51.4 Å². The zero-order valence-electron chi connectivity index (χ0n) is 21.3. The van der Waals surface area contributed by atoms with Crippen LogP contribution in [0, 0.1) is 0 Å². The number of piperazine rings is 1. The SMILES string of the molecule is COc1cc(N2CCC3(CC2)CC(N2CCN(C)CC2)CO3)ncn1.O=C(O)C(F)(F)F.O=C(O)C(F)(F)F. The monoisotopic (exact) mass is 575 g/mol. The summed E-state index contributed by atoms with van der Waals surface area (Å²) in [5.74, 6) is -3.94. The van der Waals surface area contributed by atoms with E-state index in [1.807, 2.05) is 6.07 Å². The molecule has 3 aliphatic rings. The topological polar surface area (TPSA) is 129 Å². The zero-order chi connectivity index (χ0) is 29.4. The van der Waals surface area contributed by atoms with E-state index in [0.29, 0.717) is 11.9 Å². The number of methoxy groups -OCH3 is 1. The molecule has 17 heteroatoms. The van der Waals surface area contributed by atoms with Crippen molar-refractivity contribution in [3.63, 3.8) is 0 Å². The summed E-state index contributed by atoms with van der Waals surface area (Å²) in [5.41, 5.74) is 0.0711. The first-order chi connectivity index (χ1) is 18.1. The molecule has 2 N–H and O–H groups in total. The molecule has 39 heavy (non-hydrogen) atoms. The molecule has 3 aliphatic heterocycles. The van der Waals surface area contributed by atoms with E-state index in [1.165, 1.54) is 32.6 Å². The Morgan fingerprint density at radius 3 is 1.95 bits per heavy atom. The number of likely N-dealkylation sites (N-methyl/N-ethyl adjacent to an activating group) is 1. The molecule has 1 spiro atoms. The minimum absolute atomic E-state index is 0.0711. The highest BCUT2D eigenvalue weighted by molar-refractivity contribution is 5.73. The van der Waals surface area contributed by atoms with Gasteiger partial charge in [0.25, 0.3) is 0 Å². The van der Waals surface area contributed by atoms with Crippen LogP contribution in [0.2, 0.25) is 0 Å². The van der Waals surface area contributed by atoms with Crippen molar-refractivity contribution in [2.45, 2.75) is 43.3 Å². The van der Waals surface area contributed by atoms with Gasteiger partial charge in [-0.3, -0.25) is 4.90 Å². The van der Waals surface area contributed by atoms with Crippen LogP contribution in [0.3, 0.4) is 0 Å². The van der Waals surface area contributed by atoms with Crippen molar-refractivity contribution in [3.8, 4) is 5.88 Å². The van der Waals surface area contributed by atoms with E-state index < -0.39 is 24.3 Å². The molecule has 4 rings (SSSR count). The summed E-state index contributed by atoms with van der Waals surface area (Å²) < 4.78 is 75.1. The number of hydrogen-bond acceptors (Lipinski definition) is 9. The van der Waals surface area contributed by atoms with Crippen LogP contribution in [-0.2, 0) is 14.3 Å². The van der Waals surface area contributed by atoms with E-state index in [1.54, 1.807) is 13.4 Å². The summed E-state index contributed by atoms with van der Waals surface area (Å²) in [5, 5.41) is 14.2. The molecule has 0 saturated carbocycles. The van der Waals surface area contributed by atoms with Crippen molar-refractivity contribution in [2.75, 3.05) is 64.9 Å². The summed E-state index contributed by atoms with van der Waals surface area (Å²) in [6.07, 6.45) is -5.27. The smallest absolute Gasteiger partial charge is 0.481 e. The van der Waals surface area contributed by atoms with Crippen LogP contribution in [0.4, 0.5) is 32.2 Å². The van der Waals surface area contributed by atoms with Crippen LogP contribution in [0.15, 0.2) is 12.4 Å². The van der Waals surface area contributed by atoms with Crippen molar-refractivity contribution in [3.05, 3.63) is 12.4 Å². The summed E-state index contributed by atoms with van der Waals surface area (Å²) in [4.78, 5) is 33.7. The molecule has 1 unspecified atom stereocenters. The number of carboxylic acids is 2. The predicted octanol–water partition coefficient (Wildman–Crippen LogP) is 2.13. The molecule has 11 nitrogen and oxygen atoms in total. The van der Waals surface area contributed by atoms with Gasteiger partial charge >= 0.3 is 24.3 Å². The van der Waals surface area contributed by atoms with E-state index in [2.05, 4.69) is 31.7 Å². The second-order valence-electron chi connectivity index (χ2n) is 9.20. The number of hydrogen-bond donors (Lipinski definition) is 2. The highest BCUT2D eigenvalue weighted by atomic mass is 19.4. The van der Waals surface area contributed by atoms with Crippen molar-refractivity contribution in [2.24, 2.45) is 0 Å². The fourth-order valence-corrected chi connectivity index (χ4v) is 4.35. The van der Waals surface area contributed by atoms with Gasteiger partial charge in [-0.15, -0.1) is 0 Å². The Morgan fingerprint density at radius 1 is 0.974 bits per heavy atom. The van der Waals surface area contributed by atoms with Gasteiger partial charge in [0.1, 0.15) is 12.1 Å². The zero-order valence-corrected chi connectivity index (χ0v) is 21.3. The average molecular weight is 576 g/mol. The van der Waals surface area contributed by atoms with E-state index in [-0.39, 0.29) is 5.60 Å². The third-order valence-corrected chi connectivity index (χ3v) is 6.56. The lowest BCUT2D eigenvalue weighted by Crippen LogP contribution is -2.50. The van der Waals surface area contributed by atoms with Gasteiger partial charge in [-0.1, -0.05) is 0 Å². The first-order valence-corrected chi connectivity index (χ1v) is 11.8. The largest absolute Gasteiger partial charge is 0.490 e. The number of nitrogens with zero attached hydrogens (tertiary/aromatic N) is 5. The Kier molecular flexibility index (Phi) is 11.1. The first-order valence-electron chi connectivity index (χ1n) is 11.8. The predicted molar refractivity (Wildman–Crippen MR) is 124 cm³/mol. The Labute approximate surface area is 220 Å². The molecule has 0 amide bonds. The molecule has 222 valence electrons. The van der Waals surface area contributed by atoms with Crippen LogP contribution in [-0.4, -0.2) is 126 Å². The maximum absolute atomic E-state index is 10.6. The normalized spacial score (nSPS) is 21.8. The van der Waals surface area contributed by atoms with Crippen LogP contribution < -0.4 is 9.64 Å². The maximum atomic E-state index is 10.6. The number of ether oxygens (including phenoxy) is 2. The Balaban J connectivity index is 0.000000317. The van der Waals surface area contributed by atoms with Gasteiger partial charge in [0.05, 0.1) is 19.3 Å². The van der Waals surface area contributed by atoms with E-state index in [4.69, 9.17) is 29.3 Å². The van der Waals surface area contributed by atoms with Gasteiger partial charge in [0.15, 0.2) is 0 Å². The number of rotatable bonds is 3. The summed E-state index contributed by atoms with van der Waals surface area (Å²) in [6, 6.07) is 2.51. The number of anilines is 1. The number of halogens is 6. The maximum Gasteiger partial charge on any atom is 0.490 e. The quantitative estimate of drug-likeness (QED) is 0.515. The Bertz CT molecular complexity index is 926. The lowest BCUT2D eigenvalue weighted by atomic mass is 9.87. The first kappa shape index (κ1) is 32.3. The molecule has 4 heterocycles. The molecular formula is C22H31F6N5O6. The standard InChI is InChI=1S/C18H29N5O2.2C2HF3O2/c1-21-7-9-22(10-8-21)15-12-18(25-13-15)3-5-23(6-4-18)16-11-17(24-2)20-14-19-16;2*3-2(4,5)1(6)7/h11,14-15H,3-10,12-13H2,1-2H3;2*(H,6,7). The lowest BCUT2D eigenvalue weighted by Gasteiger charge is -2.40. The molecule has 3 saturated heterocycles. The summed E-state index contributed by atoms with van der Waals surface area (Å²) in [6.45, 7) is 7.55. The number of carbonyl (C=O) groups is 2. The van der Waals surface area contributed by atoms with Crippen molar-refractivity contribution >= 4 is 17.8 Å². The third-order valence-electron chi connectivity index (χ3n) is 6.56. The second kappa shape index (κ2) is 13.4. The van der Waals surface area contributed by atoms with Gasteiger partial charge in [-0.05, 0) is 26.3 Å². The van der Waals surface area contributed by atoms with Gasteiger partial charge in [-0.25, -0.2) is 19.6 Å². The number of aromatic nitrogens is 2. The number of piperidine rings is 1.